The molecule has 4 N–H and O–H groups in total. The van der Waals surface area contributed by atoms with Gasteiger partial charge in [-0.05, 0) is 48.5 Å². The van der Waals surface area contributed by atoms with E-state index in [9.17, 15) is 17.2 Å². The van der Waals surface area contributed by atoms with Crippen LogP contribution >= 0.6 is 0 Å². The third kappa shape index (κ3) is 3.67. The molecule has 0 spiro atoms. The molecule has 3 aromatic carbocycles. The zero-order valence-corrected chi connectivity index (χ0v) is 16.6. The van der Waals surface area contributed by atoms with Crippen molar-refractivity contribution in [2.75, 3.05) is 17.6 Å². The van der Waals surface area contributed by atoms with Crippen LogP contribution in [0.1, 0.15) is 0 Å². The number of aromatic amines is 1. The van der Waals surface area contributed by atoms with Crippen LogP contribution in [-0.4, -0.2) is 20.5 Å². The van der Waals surface area contributed by atoms with E-state index in [-0.39, 0.29) is 10.6 Å². The highest BCUT2D eigenvalue weighted by molar-refractivity contribution is 7.92. The largest absolute Gasteiger partial charge is 0.495 e. The van der Waals surface area contributed by atoms with E-state index in [4.69, 9.17) is 10.5 Å². The molecule has 1 aromatic heterocycles. The van der Waals surface area contributed by atoms with E-state index in [1.807, 2.05) is 0 Å². The SMILES string of the molecule is COc1ccc(-c2cc3cc(F)c(F)cc3[nH]2)cc1NS(=O)(=O)c1cccc(N)c1. The van der Waals surface area contributed by atoms with Gasteiger partial charge in [0.15, 0.2) is 11.6 Å². The van der Waals surface area contributed by atoms with E-state index in [2.05, 4.69) is 9.71 Å². The lowest BCUT2D eigenvalue weighted by Gasteiger charge is -2.13. The molecule has 1 heterocycles. The Morgan fingerprint density at radius 2 is 1.77 bits per heavy atom. The first-order valence-corrected chi connectivity index (χ1v) is 10.3. The van der Waals surface area contributed by atoms with Crippen molar-refractivity contribution in [1.29, 1.82) is 0 Å². The summed E-state index contributed by atoms with van der Waals surface area (Å²) in [6, 6.07) is 14.6. The van der Waals surface area contributed by atoms with Gasteiger partial charge in [0.1, 0.15) is 5.75 Å². The summed E-state index contributed by atoms with van der Waals surface area (Å²) in [6.45, 7) is 0. The van der Waals surface area contributed by atoms with Crippen molar-refractivity contribution >= 4 is 32.3 Å². The second-order valence-electron chi connectivity index (χ2n) is 6.63. The summed E-state index contributed by atoms with van der Waals surface area (Å²) in [5.41, 5.74) is 7.78. The summed E-state index contributed by atoms with van der Waals surface area (Å²) in [5, 5.41) is 0.488. The van der Waals surface area contributed by atoms with Crippen LogP contribution in [0.5, 0.6) is 5.75 Å². The molecule has 154 valence electrons. The first kappa shape index (κ1) is 19.7. The molecular formula is C21H17F2N3O3S. The van der Waals surface area contributed by atoms with Crippen LogP contribution in [0.25, 0.3) is 22.2 Å². The molecule has 0 unspecified atom stereocenters. The van der Waals surface area contributed by atoms with Gasteiger partial charge >= 0.3 is 0 Å². The number of aromatic nitrogens is 1. The summed E-state index contributed by atoms with van der Waals surface area (Å²) < 4.78 is 60.3. The normalized spacial score (nSPS) is 11.6. The Hall–Kier alpha value is -3.59. The zero-order valence-electron chi connectivity index (χ0n) is 15.7. The molecule has 0 bridgehead atoms. The molecule has 0 aliphatic heterocycles. The van der Waals surface area contributed by atoms with Gasteiger partial charge in [-0.3, -0.25) is 4.72 Å². The highest BCUT2D eigenvalue weighted by atomic mass is 32.2. The van der Waals surface area contributed by atoms with E-state index in [1.165, 1.54) is 19.2 Å². The monoisotopic (exact) mass is 429 g/mol. The molecule has 6 nitrogen and oxygen atoms in total. The Morgan fingerprint density at radius 3 is 2.50 bits per heavy atom. The van der Waals surface area contributed by atoms with Crippen molar-refractivity contribution in [3.05, 3.63) is 72.3 Å². The fourth-order valence-electron chi connectivity index (χ4n) is 3.12. The number of sulfonamides is 1. The standard InChI is InChI=1S/C21H17F2N3O3S/c1-29-21-6-5-12(18-9-13-7-16(22)17(23)11-19(13)25-18)8-20(21)26-30(27,28)15-4-2-3-14(24)10-15/h2-11,25-26H,24H2,1H3. The lowest BCUT2D eigenvalue weighted by Crippen LogP contribution is -2.14. The average Bonchev–Trinajstić information content (AvgIpc) is 3.10. The minimum absolute atomic E-state index is 0.00604. The molecule has 30 heavy (non-hydrogen) atoms. The van der Waals surface area contributed by atoms with E-state index in [1.54, 1.807) is 36.4 Å². The number of hydrogen-bond acceptors (Lipinski definition) is 4. The summed E-state index contributed by atoms with van der Waals surface area (Å²) in [5.74, 6) is -1.60. The molecule has 0 radical (unpaired) electrons. The number of H-pyrrole nitrogens is 1. The molecule has 0 saturated carbocycles. The minimum Gasteiger partial charge on any atom is -0.495 e. The molecule has 0 fully saturated rings. The third-order valence-corrected chi connectivity index (χ3v) is 5.95. The number of ether oxygens (including phenoxy) is 1. The Bertz CT molecular complexity index is 1330. The van der Waals surface area contributed by atoms with Crippen molar-refractivity contribution in [2.24, 2.45) is 0 Å². The average molecular weight is 429 g/mol. The van der Waals surface area contributed by atoms with Crippen molar-refractivity contribution in [1.82, 2.24) is 4.98 Å². The maximum Gasteiger partial charge on any atom is 0.262 e. The van der Waals surface area contributed by atoms with Gasteiger partial charge in [0.25, 0.3) is 10.0 Å². The Labute approximate surface area is 171 Å². The highest BCUT2D eigenvalue weighted by Crippen LogP contribution is 2.33. The fourth-order valence-corrected chi connectivity index (χ4v) is 4.24. The number of nitrogens with one attached hydrogen (secondary N) is 2. The smallest absolute Gasteiger partial charge is 0.262 e. The Morgan fingerprint density at radius 1 is 1.00 bits per heavy atom. The second kappa shape index (κ2) is 7.34. The predicted octanol–water partition coefficient (Wildman–Crippen LogP) is 4.50. The number of nitrogens with two attached hydrogens (primary N) is 1. The van der Waals surface area contributed by atoms with Gasteiger partial charge in [0.2, 0.25) is 0 Å². The molecule has 0 amide bonds. The van der Waals surface area contributed by atoms with Crippen LogP contribution in [-0.2, 0) is 10.0 Å². The van der Waals surface area contributed by atoms with Crippen molar-refractivity contribution < 1.29 is 21.9 Å². The Kier molecular flexibility index (Phi) is 4.83. The lowest BCUT2D eigenvalue weighted by atomic mass is 10.1. The summed E-state index contributed by atoms with van der Waals surface area (Å²) in [4.78, 5) is 3.01. The van der Waals surface area contributed by atoms with Crippen LogP contribution in [0.15, 0.2) is 65.6 Å². The summed E-state index contributed by atoms with van der Waals surface area (Å²) in [7, 11) is -2.50. The maximum atomic E-state index is 13.5. The van der Waals surface area contributed by atoms with Crippen LogP contribution in [0, 0.1) is 11.6 Å². The third-order valence-electron chi connectivity index (χ3n) is 4.58. The number of methoxy groups -OCH3 is 1. The maximum absolute atomic E-state index is 13.5. The topological polar surface area (TPSA) is 97.2 Å². The van der Waals surface area contributed by atoms with E-state index < -0.39 is 21.7 Å². The summed E-state index contributed by atoms with van der Waals surface area (Å²) in [6.07, 6.45) is 0. The highest BCUT2D eigenvalue weighted by Gasteiger charge is 2.18. The number of halogens is 2. The van der Waals surface area contributed by atoms with Gasteiger partial charge in [-0.15, -0.1) is 0 Å². The molecule has 9 heteroatoms. The molecule has 0 aliphatic carbocycles. The number of benzene rings is 3. The van der Waals surface area contributed by atoms with Crippen molar-refractivity contribution in [3.8, 4) is 17.0 Å². The van der Waals surface area contributed by atoms with E-state index in [0.717, 1.165) is 12.1 Å². The molecule has 0 saturated heterocycles. The fraction of sp³-hybridized carbons (Fsp3) is 0.0476. The number of nitrogen functional groups attached to an aromatic ring is 1. The molecular weight excluding hydrogens is 412 g/mol. The van der Waals surface area contributed by atoms with Crippen LogP contribution in [0.4, 0.5) is 20.2 Å². The first-order chi connectivity index (χ1) is 14.3. The van der Waals surface area contributed by atoms with Crippen LogP contribution in [0.2, 0.25) is 0 Å². The van der Waals surface area contributed by atoms with Gasteiger partial charge in [0, 0.05) is 33.9 Å². The predicted molar refractivity (Wildman–Crippen MR) is 112 cm³/mol. The Balaban J connectivity index is 1.76. The zero-order chi connectivity index (χ0) is 21.5. The minimum atomic E-state index is -3.92. The van der Waals surface area contributed by atoms with Crippen molar-refractivity contribution in [2.45, 2.75) is 4.90 Å². The lowest BCUT2D eigenvalue weighted by molar-refractivity contribution is 0.417. The van der Waals surface area contributed by atoms with Crippen LogP contribution in [0.3, 0.4) is 0 Å². The second-order valence-corrected chi connectivity index (χ2v) is 8.31. The molecule has 0 aliphatic rings. The van der Waals surface area contributed by atoms with Crippen LogP contribution < -0.4 is 15.2 Å². The number of hydrogen-bond donors (Lipinski definition) is 3. The van der Waals surface area contributed by atoms with E-state index >= 15 is 0 Å². The summed E-state index contributed by atoms with van der Waals surface area (Å²) >= 11 is 0. The first-order valence-electron chi connectivity index (χ1n) is 8.81. The molecule has 4 aromatic rings. The van der Waals surface area contributed by atoms with Gasteiger partial charge in [-0.2, -0.15) is 0 Å². The molecule has 0 atom stereocenters. The number of anilines is 2. The van der Waals surface area contributed by atoms with Gasteiger partial charge < -0.3 is 15.5 Å². The molecule has 4 rings (SSSR count). The number of fused-ring (bicyclic) bond motifs is 1. The van der Waals surface area contributed by atoms with Gasteiger partial charge in [0.05, 0.1) is 17.7 Å². The van der Waals surface area contributed by atoms with Crippen molar-refractivity contribution in [3.63, 3.8) is 0 Å². The van der Waals surface area contributed by atoms with E-state index in [0.29, 0.717) is 33.6 Å². The quantitative estimate of drug-likeness (QED) is 0.407. The number of rotatable bonds is 5. The van der Waals surface area contributed by atoms with Gasteiger partial charge in [-0.1, -0.05) is 6.07 Å². The van der Waals surface area contributed by atoms with Gasteiger partial charge in [-0.25, -0.2) is 17.2 Å².